The molecule has 0 saturated carbocycles. The standard InChI is InChI=1S/C17H27Br2NO.ClH/c1-3-5-6-7-8-9-10-20-13-14-11-15(18)17(21-4-2)16(19)12-14;/h11-12,20H,3-10,13H2,1-2H3;1H. The van der Waals surface area contributed by atoms with Crippen molar-refractivity contribution in [3.63, 3.8) is 0 Å². The van der Waals surface area contributed by atoms with E-state index in [0.29, 0.717) is 6.61 Å². The van der Waals surface area contributed by atoms with Crippen molar-refractivity contribution in [1.29, 1.82) is 0 Å². The molecular formula is C17H28Br2ClNO. The number of ether oxygens (including phenoxy) is 1. The summed E-state index contributed by atoms with van der Waals surface area (Å²) in [6, 6.07) is 4.26. The van der Waals surface area contributed by atoms with E-state index >= 15 is 0 Å². The molecule has 128 valence electrons. The van der Waals surface area contributed by atoms with Crippen molar-refractivity contribution >= 4 is 44.3 Å². The van der Waals surface area contributed by atoms with Gasteiger partial charge in [0.05, 0.1) is 15.6 Å². The minimum absolute atomic E-state index is 0. The van der Waals surface area contributed by atoms with Crippen LogP contribution in [-0.2, 0) is 6.54 Å². The molecule has 0 unspecified atom stereocenters. The van der Waals surface area contributed by atoms with Crippen molar-refractivity contribution < 1.29 is 4.74 Å². The van der Waals surface area contributed by atoms with Gasteiger partial charge in [0, 0.05) is 6.54 Å². The molecule has 1 aromatic rings. The molecule has 0 bridgehead atoms. The van der Waals surface area contributed by atoms with E-state index in [0.717, 1.165) is 27.8 Å². The van der Waals surface area contributed by atoms with Gasteiger partial charge >= 0.3 is 0 Å². The quantitative estimate of drug-likeness (QED) is 0.384. The molecule has 0 aliphatic rings. The van der Waals surface area contributed by atoms with Crippen molar-refractivity contribution in [1.82, 2.24) is 5.32 Å². The zero-order valence-electron chi connectivity index (χ0n) is 13.6. The first-order valence-electron chi connectivity index (χ1n) is 8.00. The van der Waals surface area contributed by atoms with E-state index in [9.17, 15) is 0 Å². The van der Waals surface area contributed by atoms with Crippen molar-refractivity contribution in [2.75, 3.05) is 13.2 Å². The Hall–Kier alpha value is 0.230. The van der Waals surface area contributed by atoms with Gasteiger partial charge in [-0.05, 0) is 69.4 Å². The van der Waals surface area contributed by atoms with Gasteiger partial charge in [-0.15, -0.1) is 12.4 Å². The highest BCUT2D eigenvalue weighted by Crippen LogP contribution is 2.34. The zero-order chi connectivity index (χ0) is 15.5. The maximum absolute atomic E-state index is 5.60. The lowest BCUT2D eigenvalue weighted by atomic mass is 10.1. The van der Waals surface area contributed by atoms with Gasteiger partial charge in [0.2, 0.25) is 0 Å². The third kappa shape index (κ3) is 8.76. The second kappa shape index (κ2) is 13.6. The van der Waals surface area contributed by atoms with Crippen LogP contribution in [0.2, 0.25) is 0 Å². The molecule has 0 heterocycles. The van der Waals surface area contributed by atoms with Gasteiger partial charge in [0.15, 0.2) is 0 Å². The van der Waals surface area contributed by atoms with Crippen LogP contribution < -0.4 is 10.1 Å². The summed E-state index contributed by atoms with van der Waals surface area (Å²) in [4.78, 5) is 0. The fraction of sp³-hybridized carbons (Fsp3) is 0.647. The van der Waals surface area contributed by atoms with Gasteiger partial charge < -0.3 is 10.1 Å². The molecule has 0 aliphatic carbocycles. The Bertz CT molecular complexity index is 393. The second-order valence-corrected chi connectivity index (χ2v) is 6.97. The van der Waals surface area contributed by atoms with Crippen molar-refractivity contribution in [2.24, 2.45) is 0 Å². The Morgan fingerprint density at radius 2 is 1.55 bits per heavy atom. The van der Waals surface area contributed by atoms with E-state index in [1.54, 1.807) is 0 Å². The summed E-state index contributed by atoms with van der Waals surface area (Å²) in [7, 11) is 0. The van der Waals surface area contributed by atoms with Crippen LogP contribution in [0, 0.1) is 0 Å². The molecule has 0 radical (unpaired) electrons. The van der Waals surface area contributed by atoms with E-state index in [2.05, 4.69) is 56.2 Å². The third-order valence-corrected chi connectivity index (χ3v) is 4.56. The first-order chi connectivity index (χ1) is 10.2. The molecule has 2 nitrogen and oxygen atoms in total. The van der Waals surface area contributed by atoms with E-state index in [-0.39, 0.29) is 12.4 Å². The number of nitrogens with one attached hydrogen (secondary N) is 1. The van der Waals surface area contributed by atoms with Gasteiger partial charge in [-0.2, -0.15) is 0 Å². The lowest BCUT2D eigenvalue weighted by molar-refractivity contribution is 0.336. The van der Waals surface area contributed by atoms with Crippen LogP contribution >= 0.6 is 44.3 Å². The first-order valence-corrected chi connectivity index (χ1v) is 9.59. The molecule has 1 aromatic carbocycles. The first kappa shape index (κ1) is 22.2. The number of rotatable bonds is 11. The summed E-state index contributed by atoms with van der Waals surface area (Å²) in [5.41, 5.74) is 1.27. The van der Waals surface area contributed by atoms with Gasteiger partial charge in [-0.1, -0.05) is 39.0 Å². The summed E-state index contributed by atoms with van der Waals surface area (Å²) in [6.45, 7) is 6.92. The van der Waals surface area contributed by atoms with Gasteiger partial charge in [-0.25, -0.2) is 0 Å². The highest BCUT2D eigenvalue weighted by Gasteiger charge is 2.08. The summed E-state index contributed by atoms with van der Waals surface area (Å²) in [5.74, 6) is 0.886. The molecule has 5 heteroatoms. The summed E-state index contributed by atoms with van der Waals surface area (Å²) in [6.07, 6.45) is 8.05. The van der Waals surface area contributed by atoms with Gasteiger partial charge in [0.25, 0.3) is 0 Å². The largest absolute Gasteiger partial charge is 0.492 e. The predicted molar refractivity (Wildman–Crippen MR) is 105 cm³/mol. The second-order valence-electron chi connectivity index (χ2n) is 5.27. The van der Waals surface area contributed by atoms with E-state index < -0.39 is 0 Å². The number of benzene rings is 1. The van der Waals surface area contributed by atoms with Crippen LogP contribution in [0.3, 0.4) is 0 Å². The third-order valence-electron chi connectivity index (χ3n) is 3.38. The van der Waals surface area contributed by atoms with Crippen LogP contribution in [0.15, 0.2) is 21.1 Å². The van der Waals surface area contributed by atoms with E-state index in [1.165, 1.54) is 44.1 Å². The Balaban J connectivity index is 0.00000441. The average molecular weight is 458 g/mol. The molecular weight excluding hydrogens is 429 g/mol. The predicted octanol–water partition coefficient (Wildman–Crippen LogP) is 6.48. The molecule has 0 amide bonds. The number of hydrogen-bond donors (Lipinski definition) is 1. The summed E-state index contributed by atoms with van der Waals surface area (Å²) >= 11 is 7.15. The highest BCUT2D eigenvalue weighted by atomic mass is 79.9. The summed E-state index contributed by atoms with van der Waals surface area (Å²) in [5, 5.41) is 3.52. The molecule has 0 atom stereocenters. The average Bonchev–Trinajstić information content (AvgIpc) is 2.46. The van der Waals surface area contributed by atoms with E-state index in [1.807, 2.05) is 6.92 Å². The van der Waals surface area contributed by atoms with Crippen LogP contribution in [0.5, 0.6) is 5.75 Å². The normalized spacial score (nSPS) is 10.4. The molecule has 0 aliphatic heterocycles. The zero-order valence-corrected chi connectivity index (χ0v) is 17.6. The maximum atomic E-state index is 5.60. The van der Waals surface area contributed by atoms with Gasteiger partial charge in [0.1, 0.15) is 5.75 Å². The SMILES string of the molecule is CCCCCCCCNCc1cc(Br)c(OCC)c(Br)c1.Cl. The number of halogens is 3. The van der Waals surface area contributed by atoms with Crippen LogP contribution in [0.25, 0.3) is 0 Å². The highest BCUT2D eigenvalue weighted by molar-refractivity contribution is 9.11. The number of unbranched alkanes of at least 4 members (excludes halogenated alkanes) is 5. The Morgan fingerprint density at radius 3 is 2.14 bits per heavy atom. The molecule has 22 heavy (non-hydrogen) atoms. The molecule has 0 fully saturated rings. The van der Waals surface area contributed by atoms with Crippen LogP contribution in [0.4, 0.5) is 0 Å². The van der Waals surface area contributed by atoms with Crippen LogP contribution in [0.1, 0.15) is 57.9 Å². The Labute approximate surface area is 158 Å². The molecule has 1 rings (SSSR count). The minimum atomic E-state index is 0. The lowest BCUT2D eigenvalue weighted by Crippen LogP contribution is -2.14. The lowest BCUT2D eigenvalue weighted by Gasteiger charge is -2.11. The fourth-order valence-corrected chi connectivity index (χ4v) is 3.77. The summed E-state index contributed by atoms with van der Waals surface area (Å²) < 4.78 is 7.62. The topological polar surface area (TPSA) is 21.3 Å². The van der Waals surface area contributed by atoms with Crippen molar-refractivity contribution in [3.8, 4) is 5.75 Å². The molecule has 1 N–H and O–H groups in total. The monoisotopic (exact) mass is 455 g/mol. The maximum Gasteiger partial charge on any atom is 0.147 e. The van der Waals surface area contributed by atoms with Crippen molar-refractivity contribution in [3.05, 3.63) is 26.6 Å². The Kier molecular flexibility index (Phi) is 13.8. The molecule has 0 spiro atoms. The van der Waals surface area contributed by atoms with E-state index in [4.69, 9.17) is 4.74 Å². The number of hydrogen-bond acceptors (Lipinski definition) is 2. The molecule has 0 aromatic heterocycles. The van der Waals surface area contributed by atoms with Gasteiger partial charge in [-0.3, -0.25) is 0 Å². The fourth-order valence-electron chi connectivity index (χ4n) is 2.26. The smallest absolute Gasteiger partial charge is 0.147 e. The minimum Gasteiger partial charge on any atom is -0.492 e. The molecule has 0 saturated heterocycles. The van der Waals surface area contributed by atoms with Crippen LogP contribution in [-0.4, -0.2) is 13.2 Å². The van der Waals surface area contributed by atoms with Crippen molar-refractivity contribution in [2.45, 2.75) is 58.9 Å². The Morgan fingerprint density at radius 1 is 0.955 bits per heavy atom.